The fraction of sp³-hybridized carbons (Fsp3) is 0. The van der Waals surface area contributed by atoms with Crippen molar-refractivity contribution in [1.29, 1.82) is 0 Å². The number of rotatable bonds is 0. The Bertz CT molecular complexity index is 42.0. The number of hydrogen-bond acceptors (Lipinski definition) is 2. The topological polar surface area (TPSA) is 52.0 Å². The van der Waals surface area contributed by atoms with E-state index in [2.05, 4.69) is 0 Å². The first-order valence-electron chi connectivity index (χ1n) is 1.02. The first kappa shape index (κ1) is 7.22. The van der Waals surface area contributed by atoms with Crippen molar-refractivity contribution < 1.29 is 0 Å². The second kappa shape index (κ2) is 1.35. The molecule has 0 rings (SSSR count). The second-order valence-corrected chi connectivity index (χ2v) is 10.9. The van der Waals surface area contributed by atoms with E-state index in [9.17, 15) is 0 Å². The van der Waals surface area contributed by atoms with E-state index in [1.165, 1.54) is 0 Å². The molecule has 0 aromatic rings. The molecule has 0 atom stereocenters. The molecule has 0 saturated carbocycles. The molecule has 6 heavy (non-hydrogen) atoms. The van der Waals surface area contributed by atoms with E-state index in [1.807, 2.05) is 0 Å². The molecule has 4 N–H and O–H groups in total. The van der Waals surface area contributed by atoms with Crippen LogP contribution in [0.25, 0.3) is 0 Å². The van der Waals surface area contributed by atoms with Crippen molar-refractivity contribution in [3.63, 3.8) is 0 Å². The molecule has 0 bridgehead atoms. The van der Waals surface area contributed by atoms with Crippen LogP contribution in [0.5, 0.6) is 0 Å². The van der Waals surface area contributed by atoms with Gasteiger partial charge in [-0.2, -0.15) is 0 Å². The van der Waals surface area contributed by atoms with Crippen molar-refractivity contribution in [2.24, 2.45) is 11.0 Å². The van der Waals surface area contributed by atoms with Gasteiger partial charge in [0.1, 0.15) is 0 Å². The average molecular weight is 169 g/mol. The second-order valence-electron chi connectivity index (χ2n) is 0.926. The van der Waals surface area contributed by atoms with Gasteiger partial charge in [0.05, 0.1) is 0 Å². The van der Waals surface area contributed by atoms with Gasteiger partial charge in [-0.15, -0.1) is 0 Å². The first-order valence-corrected chi connectivity index (χ1v) is 6.11. The SMILES string of the molecule is NP(N)(Cl)(Cl)Cl. The van der Waals surface area contributed by atoms with E-state index in [0.29, 0.717) is 0 Å². The molecule has 0 aliphatic rings. The van der Waals surface area contributed by atoms with Crippen LogP contribution in [0.2, 0.25) is 0 Å². The van der Waals surface area contributed by atoms with E-state index in [1.54, 1.807) is 0 Å². The summed E-state index contributed by atoms with van der Waals surface area (Å²) in [5, 5.41) is 0. The van der Waals surface area contributed by atoms with Gasteiger partial charge in [-0.05, 0) is 0 Å². The molecule has 0 aliphatic carbocycles. The predicted molar refractivity (Wildman–Crippen MR) is 32.9 cm³/mol. The molecule has 0 amide bonds. The number of nitrogens with two attached hydrogens (primary N) is 2. The number of hydrogen-bond donors (Lipinski definition) is 2. The summed E-state index contributed by atoms with van der Waals surface area (Å²) < 4.78 is 0. The summed E-state index contributed by atoms with van der Waals surface area (Å²) in [7, 11) is 0. The standard InChI is InChI=1S/Cl3H4N2P/c1-6(2,3,4)5/h4-5H2. The molecule has 0 unspecified atom stereocenters. The molecule has 0 saturated heterocycles. The molecule has 0 radical (unpaired) electrons. The van der Waals surface area contributed by atoms with Crippen LogP contribution >= 0.6 is 38.7 Å². The van der Waals surface area contributed by atoms with Gasteiger partial charge in [0.2, 0.25) is 0 Å². The Morgan fingerprint density at radius 3 is 1.00 bits per heavy atom. The third-order valence-electron chi connectivity index (χ3n) is 0. The van der Waals surface area contributed by atoms with Crippen molar-refractivity contribution in [3.05, 3.63) is 0 Å². The summed E-state index contributed by atoms with van der Waals surface area (Å²) in [6.45, 7) is 0. The average Bonchev–Trinajstić information content (AvgIpc) is 0.650. The molecule has 0 aliphatic heterocycles. The Labute approximate surface area is 50.1 Å². The summed E-state index contributed by atoms with van der Waals surface area (Å²) in [5.74, 6) is 0. The van der Waals surface area contributed by atoms with Gasteiger partial charge in [-0.3, -0.25) is 0 Å². The van der Waals surface area contributed by atoms with E-state index < -0.39 is 4.96 Å². The van der Waals surface area contributed by atoms with E-state index in [-0.39, 0.29) is 0 Å². The zero-order valence-corrected chi connectivity index (χ0v) is 5.90. The van der Waals surface area contributed by atoms with Gasteiger partial charge in [-0.25, -0.2) is 0 Å². The maximum absolute atomic E-state index is 5.00. The Kier molecular flexibility index (Phi) is 1.62. The van der Waals surface area contributed by atoms with Crippen molar-refractivity contribution in [2.75, 3.05) is 0 Å². The number of halogens is 3. The van der Waals surface area contributed by atoms with Crippen molar-refractivity contribution >= 4 is 38.7 Å². The van der Waals surface area contributed by atoms with Gasteiger partial charge in [0, 0.05) is 0 Å². The molecule has 40 valence electrons. The van der Waals surface area contributed by atoms with Gasteiger partial charge < -0.3 is 0 Å². The summed E-state index contributed by atoms with van der Waals surface area (Å²) in [6.07, 6.45) is 0. The van der Waals surface area contributed by atoms with Crippen LogP contribution in [0, 0.1) is 0 Å². The fourth-order valence-electron chi connectivity index (χ4n) is 0. The van der Waals surface area contributed by atoms with E-state index in [4.69, 9.17) is 44.7 Å². The molecular formula is H4Cl3N2P. The summed E-state index contributed by atoms with van der Waals surface area (Å²) in [5.41, 5.74) is 9.60. The fourth-order valence-corrected chi connectivity index (χ4v) is 0. The first-order chi connectivity index (χ1) is 2.24. The van der Waals surface area contributed by atoms with Crippen LogP contribution in [0.4, 0.5) is 0 Å². The maximum atomic E-state index is 5.00. The molecule has 0 heterocycles. The van der Waals surface area contributed by atoms with Crippen molar-refractivity contribution in [1.82, 2.24) is 0 Å². The van der Waals surface area contributed by atoms with Crippen molar-refractivity contribution in [3.8, 4) is 0 Å². The summed E-state index contributed by atoms with van der Waals surface area (Å²) >= 11 is 15.0. The van der Waals surface area contributed by atoms with E-state index >= 15 is 0 Å². The minimum atomic E-state index is -3.63. The molecule has 2 nitrogen and oxygen atoms in total. The van der Waals surface area contributed by atoms with Crippen LogP contribution < -0.4 is 11.0 Å². The quantitative estimate of drug-likeness (QED) is 0.543. The van der Waals surface area contributed by atoms with Crippen LogP contribution in [0.1, 0.15) is 0 Å². The van der Waals surface area contributed by atoms with Gasteiger partial charge in [0.25, 0.3) is 0 Å². The Morgan fingerprint density at radius 2 is 1.00 bits per heavy atom. The van der Waals surface area contributed by atoms with Crippen LogP contribution in [-0.4, -0.2) is 0 Å². The zero-order chi connectivity index (χ0) is 5.45. The Morgan fingerprint density at radius 1 is 1.00 bits per heavy atom. The van der Waals surface area contributed by atoms with Crippen LogP contribution in [-0.2, 0) is 0 Å². The molecule has 0 fully saturated rings. The third kappa shape index (κ3) is 62.5. The molecule has 0 aromatic carbocycles. The summed E-state index contributed by atoms with van der Waals surface area (Å²) in [4.78, 5) is -3.63. The summed E-state index contributed by atoms with van der Waals surface area (Å²) in [6, 6.07) is 0. The van der Waals surface area contributed by atoms with E-state index in [0.717, 1.165) is 0 Å². The van der Waals surface area contributed by atoms with Crippen LogP contribution in [0.3, 0.4) is 0 Å². The zero-order valence-electron chi connectivity index (χ0n) is 2.74. The molecule has 6 heteroatoms. The van der Waals surface area contributed by atoms with Crippen molar-refractivity contribution in [2.45, 2.75) is 0 Å². The monoisotopic (exact) mass is 168 g/mol. The molecule has 0 spiro atoms. The predicted octanol–water partition coefficient (Wildman–Crippen LogP) is 1.75. The normalized spacial score (nSPS) is 19.2. The van der Waals surface area contributed by atoms with Gasteiger partial charge in [0.15, 0.2) is 0 Å². The molecule has 0 aromatic heterocycles. The Balaban J connectivity index is 3.73. The Hall–Kier alpha value is 1.22. The third-order valence-corrected chi connectivity index (χ3v) is 0. The van der Waals surface area contributed by atoms with Crippen LogP contribution in [0.15, 0.2) is 0 Å². The van der Waals surface area contributed by atoms with Gasteiger partial charge >= 0.3 is 49.7 Å². The minimum absolute atomic E-state index is 3.63. The molecular weight excluding hydrogens is 165 g/mol. The van der Waals surface area contributed by atoms with Gasteiger partial charge in [-0.1, -0.05) is 0 Å².